The molecule has 2 rings (SSSR count). The lowest BCUT2D eigenvalue weighted by molar-refractivity contribution is 0.182. The highest BCUT2D eigenvalue weighted by Crippen LogP contribution is 2.30. The molecule has 0 radical (unpaired) electrons. The number of rotatable bonds is 5. The van der Waals surface area contributed by atoms with E-state index in [1.807, 2.05) is 10.7 Å². The molecule has 0 aliphatic rings. The molecule has 0 aliphatic carbocycles. The van der Waals surface area contributed by atoms with E-state index in [0.29, 0.717) is 23.2 Å². The molecule has 1 aromatic carbocycles. The van der Waals surface area contributed by atoms with Crippen molar-refractivity contribution in [3.63, 3.8) is 0 Å². The lowest BCUT2D eigenvalue weighted by atomic mass is 10.0. The number of hydrogen-bond donors (Lipinski definition) is 1. The van der Waals surface area contributed by atoms with E-state index in [0.717, 1.165) is 15.7 Å². The van der Waals surface area contributed by atoms with Gasteiger partial charge < -0.3 is 10.5 Å². The van der Waals surface area contributed by atoms with E-state index in [2.05, 4.69) is 21.0 Å². The van der Waals surface area contributed by atoms with E-state index in [1.165, 1.54) is 0 Å². The molecule has 1 atom stereocenters. The molecule has 0 bridgehead atoms. The van der Waals surface area contributed by atoms with Crippen molar-refractivity contribution in [2.24, 2.45) is 5.73 Å². The molecule has 108 valence electrons. The summed E-state index contributed by atoms with van der Waals surface area (Å²) < 4.78 is 7.75. The fourth-order valence-corrected chi connectivity index (χ4v) is 2.75. The molecule has 0 fully saturated rings. The third-order valence-electron chi connectivity index (χ3n) is 2.94. The van der Waals surface area contributed by atoms with Crippen LogP contribution < -0.4 is 5.73 Å². The van der Waals surface area contributed by atoms with Gasteiger partial charge in [-0.25, -0.2) is 0 Å². The number of methoxy groups -OCH3 is 1. The Bertz CT molecular complexity index is 603. The summed E-state index contributed by atoms with van der Waals surface area (Å²) in [5.74, 6) is 0. The van der Waals surface area contributed by atoms with Crippen molar-refractivity contribution in [3.05, 3.63) is 50.2 Å². The summed E-state index contributed by atoms with van der Waals surface area (Å²) in [6.45, 7) is 1.20. The molecule has 7 heteroatoms. The van der Waals surface area contributed by atoms with Gasteiger partial charge in [0.2, 0.25) is 0 Å². The van der Waals surface area contributed by atoms with E-state index in [4.69, 9.17) is 33.7 Å². The highest BCUT2D eigenvalue weighted by atomic mass is 79.9. The molecule has 4 nitrogen and oxygen atoms in total. The van der Waals surface area contributed by atoms with Crippen molar-refractivity contribution in [1.82, 2.24) is 9.78 Å². The SMILES string of the molecule is COCCn1ncc(Br)c1C(N)c1ccc(Cl)c(Cl)c1. The van der Waals surface area contributed by atoms with Crippen LogP contribution in [0.4, 0.5) is 0 Å². The molecule has 0 spiro atoms. The maximum Gasteiger partial charge on any atom is 0.0739 e. The van der Waals surface area contributed by atoms with Crippen molar-refractivity contribution in [1.29, 1.82) is 0 Å². The number of ether oxygens (including phenoxy) is 1. The van der Waals surface area contributed by atoms with Gasteiger partial charge in [0, 0.05) is 7.11 Å². The van der Waals surface area contributed by atoms with Gasteiger partial charge in [0.05, 0.1) is 45.6 Å². The minimum atomic E-state index is -0.349. The average molecular weight is 379 g/mol. The Morgan fingerprint density at radius 2 is 2.15 bits per heavy atom. The topological polar surface area (TPSA) is 53.1 Å². The lowest BCUT2D eigenvalue weighted by Crippen LogP contribution is -2.19. The van der Waals surface area contributed by atoms with Crippen LogP contribution in [0, 0.1) is 0 Å². The highest BCUT2D eigenvalue weighted by Gasteiger charge is 2.19. The largest absolute Gasteiger partial charge is 0.383 e. The van der Waals surface area contributed by atoms with E-state index in [9.17, 15) is 0 Å². The zero-order chi connectivity index (χ0) is 14.7. The maximum atomic E-state index is 6.32. The summed E-state index contributed by atoms with van der Waals surface area (Å²) in [6, 6.07) is 5.02. The van der Waals surface area contributed by atoms with Crippen molar-refractivity contribution >= 4 is 39.1 Å². The predicted octanol–water partition coefficient (Wildman–Crippen LogP) is 3.65. The first kappa shape index (κ1) is 15.8. The standard InChI is InChI=1S/C13H14BrCl2N3O/c1-20-5-4-19-13(9(14)7-18-19)12(17)8-2-3-10(15)11(16)6-8/h2-3,6-7,12H,4-5,17H2,1H3. The van der Waals surface area contributed by atoms with Crippen LogP contribution in [0.5, 0.6) is 0 Å². The molecule has 1 unspecified atom stereocenters. The summed E-state index contributed by atoms with van der Waals surface area (Å²) in [6.07, 6.45) is 1.72. The fourth-order valence-electron chi connectivity index (χ4n) is 1.90. The fraction of sp³-hybridized carbons (Fsp3) is 0.308. The molecule has 1 aromatic heterocycles. The minimum absolute atomic E-state index is 0.349. The smallest absolute Gasteiger partial charge is 0.0739 e. The number of nitrogens with two attached hydrogens (primary N) is 1. The second-order valence-corrected chi connectivity index (χ2v) is 5.91. The van der Waals surface area contributed by atoms with Crippen LogP contribution in [-0.4, -0.2) is 23.5 Å². The van der Waals surface area contributed by atoms with Crippen LogP contribution in [0.15, 0.2) is 28.9 Å². The molecule has 20 heavy (non-hydrogen) atoms. The van der Waals surface area contributed by atoms with Crippen molar-refractivity contribution in [2.75, 3.05) is 13.7 Å². The van der Waals surface area contributed by atoms with Crippen LogP contribution in [0.3, 0.4) is 0 Å². The summed E-state index contributed by atoms with van der Waals surface area (Å²) in [5.41, 5.74) is 8.07. The molecular weight excluding hydrogens is 365 g/mol. The molecule has 0 amide bonds. The van der Waals surface area contributed by atoms with E-state index < -0.39 is 0 Å². The average Bonchev–Trinajstić information content (AvgIpc) is 2.80. The molecule has 2 aromatic rings. The van der Waals surface area contributed by atoms with Gasteiger partial charge in [-0.1, -0.05) is 29.3 Å². The van der Waals surface area contributed by atoms with Gasteiger partial charge in [0.25, 0.3) is 0 Å². The van der Waals surface area contributed by atoms with Gasteiger partial charge in [-0.15, -0.1) is 0 Å². The Hall–Kier alpha value is -0.590. The second-order valence-electron chi connectivity index (χ2n) is 4.24. The Balaban J connectivity index is 2.34. The molecule has 0 aliphatic heterocycles. The zero-order valence-corrected chi connectivity index (χ0v) is 13.9. The van der Waals surface area contributed by atoms with E-state index in [1.54, 1.807) is 25.4 Å². The summed E-state index contributed by atoms with van der Waals surface area (Å²) in [5, 5.41) is 5.28. The van der Waals surface area contributed by atoms with Crippen LogP contribution in [0.25, 0.3) is 0 Å². The summed E-state index contributed by atoms with van der Waals surface area (Å²) >= 11 is 15.4. The van der Waals surface area contributed by atoms with Crippen LogP contribution in [0.2, 0.25) is 10.0 Å². The molecule has 0 saturated heterocycles. The van der Waals surface area contributed by atoms with Gasteiger partial charge >= 0.3 is 0 Å². The first-order valence-corrected chi connectivity index (χ1v) is 7.50. The quantitative estimate of drug-likeness (QED) is 0.863. The number of nitrogens with zero attached hydrogens (tertiary/aromatic N) is 2. The second kappa shape index (κ2) is 6.91. The third kappa shape index (κ3) is 3.35. The lowest BCUT2D eigenvalue weighted by Gasteiger charge is -2.16. The Morgan fingerprint density at radius 1 is 1.40 bits per heavy atom. The number of halogens is 3. The van der Waals surface area contributed by atoms with Crippen molar-refractivity contribution in [2.45, 2.75) is 12.6 Å². The van der Waals surface area contributed by atoms with Crippen LogP contribution >= 0.6 is 39.1 Å². The normalized spacial score (nSPS) is 12.7. The molecule has 0 saturated carbocycles. The Kier molecular flexibility index (Phi) is 5.46. The third-order valence-corrected chi connectivity index (χ3v) is 4.29. The van der Waals surface area contributed by atoms with Crippen molar-refractivity contribution < 1.29 is 4.74 Å². The first-order chi connectivity index (χ1) is 9.54. The van der Waals surface area contributed by atoms with Gasteiger partial charge in [0.1, 0.15) is 0 Å². The van der Waals surface area contributed by atoms with Gasteiger partial charge in [-0.05, 0) is 33.6 Å². The number of hydrogen-bond acceptors (Lipinski definition) is 3. The monoisotopic (exact) mass is 377 g/mol. The highest BCUT2D eigenvalue weighted by molar-refractivity contribution is 9.10. The van der Waals surface area contributed by atoms with Crippen LogP contribution in [0.1, 0.15) is 17.3 Å². The summed E-state index contributed by atoms with van der Waals surface area (Å²) in [4.78, 5) is 0. The molecular formula is C13H14BrCl2N3O. The molecule has 1 heterocycles. The zero-order valence-electron chi connectivity index (χ0n) is 10.8. The van der Waals surface area contributed by atoms with Gasteiger partial charge in [-0.3, -0.25) is 4.68 Å². The maximum absolute atomic E-state index is 6.32. The molecule has 2 N–H and O–H groups in total. The predicted molar refractivity (Wildman–Crippen MR) is 84.3 cm³/mol. The van der Waals surface area contributed by atoms with Gasteiger partial charge in [-0.2, -0.15) is 5.10 Å². The van der Waals surface area contributed by atoms with Crippen molar-refractivity contribution in [3.8, 4) is 0 Å². The van der Waals surface area contributed by atoms with Crippen LogP contribution in [-0.2, 0) is 11.3 Å². The number of aromatic nitrogens is 2. The Labute approximate surface area is 135 Å². The van der Waals surface area contributed by atoms with E-state index >= 15 is 0 Å². The number of benzene rings is 1. The van der Waals surface area contributed by atoms with Gasteiger partial charge in [0.15, 0.2) is 0 Å². The summed E-state index contributed by atoms with van der Waals surface area (Å²) in [7, 11) is 1.65. The van der Waals surface area contributed by atoms with E-state index in [-0.39, 0.29) is 6.04 Å². The first-order valence-electron chi connectivity index (χ1n) is 5.95. The minimum Gasteiger partial charge on any atom is -0.383 e. The Morgan fingerprint density at radius 3 is 2.80 bits per heavy atom.